The molecule has 0 atom stereocenters. The molecule has 0 aromatic carbocycles. The fraction of sp³-hybridized carbons (Fsp3) is 1.00. The highest BCUT2D eigenvalue weighted by Gasteiger charge is 2.44. The van der Waals surface area contributed by atoms with Crippen LogP contribution >= 0.6 is 11.8 Å². The molecule has 2 fully saturated rings. The molecule has 0 aromatic rings. The third-order valence-electron chi connectivity index (χ3n) is 3.56. The Morgan fingerprint density at radius 1 is 1.21 bits per heavy atom. The van der Waals surface area contributed by atoms with Gasteiger partial charge in [-0.25, -0.2) is 0 Å². The molecule has 14 heavy (non-hydrogen) atoms. The second kappa shape index (κ2) is 4.42. The van der Waals surface area contributed by atoms with E-state index < -0.39 is 0 Å². The molecule has 0 heterocycles. The van der Waals surface area contributed by atoms with Gasteiger partial charge in [0, 0.05) is 16.5 Å². The Labute approximate surface area is 90.6 Å². The summed E-state index contributed by atoms with van der Waals surface area (Å²) in [7, 11) is 0. The molecule has 2 rings (SSSR count). The van der Waals surface area contributed by atoms with Crippen LogP contribution in [0.15, 0.2) is 0 Å². The summed E-state index contributed by atoms with van der Waals surface area (Å²) in [5, 5.41) is 10.2. The maximum atomic E-state index is 9.38. The summed E-state index contributed by atoms with van der Waals surface area (Å²) < 4.78 is 0.238. The van der Waals surface area contributed by atoms with Crippen LogP contribution in [0.1, 0.15) is 44.9 Å². The molecule has 0 bridgehead atoms. The van der Waals surface area contributed by atoms with Gasteiger partial charge in [0.15, 0.2) is 0 Å². The Kier molecular flexibility index (Phi) is 3.40. The molecule has 2 aliphatic carbocycles. The van der Waals surface area contributed by atoms with E-state index in [4.69, 9.17) is 5.73 Å². The van der Waals surface area contributed by atoms with E-state index in [1.54, 1.807) is 0 Å². The van der Waals surface area contributed by atoms with Crippen LogP contribution in [0.2, 0.25) is 0 Å². The van der Waals surface area contributed by atoms with Crippen LogP contribution in [-0.4, -0.2) is 27.8 Å². The van der Waals surface area contributed by atoms with Gasteiger partial charge in [-0.15, -0.1) is 0 Å². The standard InChI is InChI=1S/C11H21NOS/c12-8-11(6-9(13)7-11)14-10-4-2-1-3-5-10/h9-10,13H,1-8,12H2. The largest absolute Gasteiger partial charge is 0.393 e. The van der Waals surface area contributed by atoms with Gasteiger partial charge >= 0.3 is 0 Å². The lowest BCUT2D eigenvalue weighted by molar-refractivity contribution is 0.0640. The molecule has 0 aromatic heterocycles. The molecular weight excluding hydrogens is 194 g/mol. The Hall–Kier alpha value is 0.270. The van der Waals surface area contributed by atoms with E-state index in [1.807, 2.05) is 0 Å². The molecule has 0 radical (unpaired) electrons. The lowest BCUT2D eigenvalue weighted by Gasteiger charge is -2.46. The zero-order chi connectivity index (χ0) is 10.0. The van der Waals surface area contributed by atoms with E-state index in [-0.39, 0.29) is 10.9 Å². The molecule has 0 spiro atoms. The molecule has 0 amide bonds. The van der Waals surface area contributed by atoms with Crippen molar-refractivity contribution in [3.05, 3.63) is 0 Å². The predicted molar refractivity (Wildman–Crippen MR) is 61.5 cm³/mol. The fourth-order valence-electron chi connectivity index (χ4n) is 2.65. The molecule has 3 heteroatoms. The van der Waals surface area contributed by atoms with Crippen molar-refractivity contribution in [1.82, 2.24) is 0 Å². The van der Waals surface area contributed by atoms with Gasteiger partial charge < -0.3 is 10.8 Å². The maximum Gasteiger partial charge on any atom is 0.0567 e. The molecule has 2 aliphatic rings. The van der Waals surface area contributed by atoms with Crippen LogP contribution in [0.5, 0.6) is 0 Å². The van der Waals surface area contributed by atoms with Crippen molar-refractivity contribution in [1.29, 1.82) is 0 Å². The Bertz CT molecular complexity index is 186. The molecule has 0 aliphatic heterocycles. The van der Waals surface area contributed by atoms with Crippen LogP contribution in [0.3, 0.4) is 0 Å². The Morgan fingerprint density at radius 2 is 1.86 bits per heavy atom. The van der Waals surface area contributed by atoms with E-state index in [0.29, 0.717) is 0 Å². The van der Waals surface area contributed by atoms with Gasteiger partial charge in [-0.1, -0.05) is 19.3 Å². The number of aliphatic hydroxyl groups excluding tert-OH is 1. The topological polar surface area (TPSA) is 46.2 Å². The van der Waals surface area contributed by atoms with Gasteiger partial charge in [0.25, 0.3) is 0 Å². The van der Waals surface area contributed by atoms with Crippen LogP contribution in [-0.2, 0) is 0 Å². The second-order valence-electron chi connectivity index (χ2n) is 4.83. The van der Waals surface area contributed by atoms with Gasteiger partial charge in [0.05, 0.1) is 6.10 Å². The van der Waals surface area contributed by atoms with Gasteiger partial charge in [0.1, 0.15) is 0 Å². The molecule has 82 valence electrons. The van der Waals surface area contributed by atoms with Crippen molar-refractivity contribution in [3.8, 4) is 0 Å². The minimum atomic E-state index is -0.0744. The highest BCUT2D eigenvalue weighted by molar-refractivity contribution is 8.01. The molecule has 2 nitrogen and oxygen atoms in total. The normalized spacial score (nSPS) is 39.4. The zero-order valence-corrected chi connectivity index (χ0v) is 9.56. The molecule has 3 N–H and O–H groups in total. The zero-order valence-electron chi connectivity index (χ0n) is 8.74. The third-order valence-corrected chi connectivity index (χ3v) is 5.36. The van der Waals surface area contributed by atoms with Gasteiger partial charge in [-0.05, 0) is 25.7 Å². The first-order valence-electron chi connectivity index (χ1n) is 5.80. The van der Waals surface area contributed by atoms with Crippen molar-refractivity contribution in [2.45, 2.75) is 61.0 Å². The number of hydrogen-bond donors (Lipinski definition) is 2. The first-order valence-corrected chi connectivity index (χ1v) is 6.68. The van der Waals surface area contributed by atoms with Crippen molar-refractivity contribution < 1.29 is 5.11 Å². The van der Waals surface area contributed by atoms with Gasteiger partial charge in [-0.3, -0.25) is 0 Å². The summed E-state index contributed by atoms with van der Waals surface area (Å²) in [6.45, 7) is 0.741. The molecular formula is C11H21NOS. The lowest BCUT2D eigenvalue weighted by Crippen LogP contribution is -2.50. The van der Waals surface area contributed by atoms with Gasteiger partial charge in [-0.2, -0.15) is 11.8 Å². The summed E-state index contributed by atoms with van der Waals surface area (Å²) in [4.78, 5) is 0. The van der Waals surface area contributed by atoms with Crippen LogP contribution in [0.25, 0.3) is 0 Å². The lowest BCUT2D eigenvalue weighted by atomic mass is 9.81. The van der Waals surface area contributed by atoms with Crippen molar-refractivity contribution in [2.75, 3.05) is 6.54 Å². The van der Waals surface area contributed by atoms with E-state index in [1.165, 1.54) is 32.1 Å². The average Bonchev–Trinajstić information content (AvgIpc) is 2.16. The van der Waals surface area contributed by atoms with Crippen molar-refractivity contribution in [2.24, 2.45) is 5.73 Å². The summed E-state index contributed by atoms with van der Waals surface area (Å²) in [6, 6.07) is 0. The molecule has 0 unspecified atom stereocenters. The molecule has 2 saturated carbocycles. The highest BCUT2D eigenvalue weighted by atomic mass is 32.2. The number of rotatable bonds is 3. The first kappa shape index (κ1) is 10.8. The predicted octanol–water partition coefficient (Wildman–Crippen LogP) is 1.90. The quantitative estimate of drug-likeness (QED) is 0.756. The molecule has 0 saturated heterocycles. The third kappa shape index (κ3) is 2.26. The summed E-state index contributed by atoms with van der Waals surface area (Å²) in [5.74, 6) is 0. The number of thioether (sulfide) groups is 1. The number of hydrogen-bond acceptors (Lipinski definition) is 3. The van der Waals surface area contributed by atoms with Crippen LogP contribution in [0, 0.1) is 0 Å². The van der Waals surface area contributed by atoms with Crippen molar-refractivity contribution in [3.63, 3.8) is 0 Å². The summed E-state index contributed by atoms with van der Waals surface area (Å²) in [6.07, 6.45) is 8.69. The van der Waals surface area contributed by atoms with Gasteiger partial charge in [0.2, 0.25) is 0 Å². The van der Waals surface area contributed by atoms with E-state index in [2.05, 4.69) is 11.8 Å². The summed E-state index contributed by atoms with van der Waals surface area (Å²) >= 11 is 2.07. The highest BCUT2D eigenvalue weighted by Crippen LogP contribution is 2.48. The minimum absolute atomic E-state index is 0.0744. The van der Waals surface area contributed by atoms with E-state index >= 15 is 0 Å². The maximum absolute atomic E-state index is 9.38. The van der Waals surface area contributed by atoms with Crippen molar-refractivity contribution >= 4 is 11.8 Å². The van der Waals surface area contributed by atoms with E-state index in [9.17, 15) is 5.11 Å². The number of nitrogens with two attached hydrogens (primary N) is 1. The average molecular weight is 215 g/mol. The Balaban J connectivity index is 1.82. The monoisotopic (exact) mass is 215 g/mol. The van der Waals surface area contributed by atoms with E-state index in [0.717, 1.165) is 24.6 Å². The number of aliphatic hydroxyl groups is 1. The SMILES string of the molecule is NCC1(SC2CCCCC2)CC(O)C1. The second-order valence-corrected chi connectivity index (χ2v) is 6.60. The first-order chi connectivity index (χ1) is 6.74. The summed E-state index contributed by atoms with van der Waals surface area (Å²) in [5.41, 5.74) is 5.82. The fourth-order valence-corrected chi connectivity index (χ4v) is 4.60. The van der Waals surface area contributed by atoms with Crippen LogP contribution < -0.4 is 5.73 Å². The Morgan fingerprint density at radius 3 is 2.36 bits per heavy atom. The smallest absolute Gasteiger partial charge is 0.0567 e. The minimum Gasteiger partial charge on any atom is -0.393 e. The van der Waals surface area contributed by atoms with Crippen LogP contribution in [0.4, 0.5) is 0 Å².